The molecule has 0 saturated carbocycles. The highest BCUT2D eigenvalue weighted by Crippen LogP contribution is 2.36. The number of hydrogen-bond acceptors (Lipinski definition) is 8. The van der Waals surface area contributed by atoms with Gasteiger partial charge in [-0.25, -0.2) is 9.97 Å². The number of carbonyl (C=O) groups is 1. The molecule has 0 aliphatic carbocycles. The lowest BCUT2D eigenvalue weighted by atomic mass is 9.87. The molecule has 0 bridgehead atoms. The molecule has 154 valence electrons. The van der Waals surface area contributed by atoms with Gasteiger partial charge in [-0.3, -0.25) is 14.6 Å². The Kier molecular flexibility index (Phi) is 5.24. The second-order valence-electron chi connectivity index (χ2n) is 7.97. The van der Waals surface area contributed by atoms with Crippen LogP contribution in [0.4, 0.5) is 5.82 Å². The summed E-state index contributed by atoms with van der Waals surface area (Å²) in [5, 5.41) is 6.08. The van der Waals surface area contributed by atoms with Gasteiger partial charge in [0.05, 0.1) is 13.2 Å². The van der Waals surface area contributed by atoms with Crippen molar-refractivity contribution in [1.82, 2.24) is 24.5 Å². The molecule has 1 unspecified atom stereocenters. The highest BCUT2D eigenvalue weighted by atomic mass is 32.1. The van der Waals surface area contributed by atoms with Crippen LogP contribution in [-0.4, -0.2) is 63.2 Å². The first-order valence-electron chi connectivity index (χ1n) is 9.94. The number of aromatic nitrogens is 4. The number of hydrogen-bond donors (Lipinski definition) is 0. The van der Waals surface area contributed by atoms with Crippen molar-refractivity contribution in [1.29, 1.82) is 0 Å². The maximum Gasteiger partial charge on any atom is 0.228 e. The number of nitrogens with zero attached hydrogens (tertiary/aromatic N) is 6. The zero-order valence-corrected chi connectivity index (χ0v) is 17.3. The summed E-state index contributed by atoms with van der Waals surface area (Å²) in [5.74, 6) is 0.759. The van der Waals surface area contributed by atoms with Crippen molar-refractivity contribution in [2.24, 2.45) is 5.41 Å². The molecule has 1 atom stereocenters. The van der Waals surface area contributed by atoms with E-state index in [0.717, 1.165) is 30.9 Å². The first kappa shape index (κ1) is 19.2. The van der Waals surface area contributed by atoms with Crippen LogP contribution < -0.4 is 4.90 Å². The maximum absolute atomic E-state index is 12.8. The van der Waals surface area contributed by atoms with Crippen molar-refractivity contribution in [2.75, 3.05) is 37.7 Å². The van der Waals surface area contributed by atoms with Crippen molar-refractivity contribution in [3.05, 3.63) is 53.8 Å². The largest absolute Gasteiger partial charge is 0.379 e. The van der Waals surface area contributed by atoms with Gasteiger partial charge in [-0.2, -0.15) is 0 Å². The third-order valence-electron chi connectivity index (χ3n) is 5.70. The molecule has 0 radical (unpaired) electrons. The van der Waals surface area contributed by atoms with Crippen LogP contribution in [0.3, 0.4) is 0 Å². The average molecular weight is 423 g/mol. The van der Waals surface area contributed by atoms with E-state index >= 15 is 0 Å². The number of ether oxygens (including phenoxy) is 1. The first-order valence-corrected chi connectivity index (χ1v) is 10.8. The summed E-state index contributed by atoms with van der Waals surface area (Å²) in [5.41, 5.74) is 2.99. The fourth-order valence-electron chi connectivity index (χ4n) is 4.30. The first-order chi connectivity index (χ1) is 14.7. The smallest absolute Gasteiger partial charge is 0.228 e. The highest BCUT2D eigenvalue weighted by Gasteiger charge is 2.46. The molecule has 1 aromatic carbocycles. The zero-order valence-electron chi connectivity index (χ0n) is 16.5. The molecule has 2 aliphatic heterocycles. The minimum absolute atomic E-state index is 0.0976. The zero-order chi connectivity index (χ0) is 20.4. The molecule has 2 fully saturated rings. The van der Waals surface area contributed by atoms with Gasteiger partial charge in [-0.05, 0) is 23.2 Å². The van der Waals surface area contributed by atoms with E-state index in [1.165, 1.54) is 23.4 Å². The SMILES string of the molecule is O=C1CC2(COCCN(Cc3ccc(-c4csnn4)cc3)C2)CN1c1ccncn1. The van der Waals surface area contributed by atoms with Gasteiger partial charge in [0.15, 0.2) is 0 Å². The van der Waals surface area contributed by atoms with Gasteiger partial charge in [-0.15, -0.1) is 5.10 Å². The Balaban J connectivity index is 1.30. The summed E-state index contributed by atoms with van der Waals surface area (Å²) < 4.78 is 9.86. The van der Waals surface area contributed by atoms with E-state index < -0.39 is 0 Å². The lowest BCUT2D eigenvalue weighted by Crippen LogP contribution is -2.40. The Morgan fingerprint density at radius 3 is 2.83 bits per heavy atom. The molecule has 0 N–H and O–H groups in total. The molecule has 1 amide bonds. The Morgan fingerprint density at radius 2 is 2.07 bits per heavy atom. The van der Waals surface area contributed by atoms with E-state index in [0.29, 0.717) is 32.0 Å². The molecular weight excluding hydrogens is 400 g/mol. The van der Waals surface area contributed by atoms with Crippen molar-refractivity contribution in [3.8, 4) is 11.3 Å². The number of carbonyl (C=O) groups excluding carboxylic acids is 1. The summed E-state index contributed by atoms with van der Waals surface area (Å²) in [6.07, 6.45) is 3.62. The van der Waals surface area contributed by atoms with Gasteiger partial charge in [-0.1, -0.05) is 28.8 Å². The summed E-state index contributed by atoms with van der Waals surface area (Å²) in [4.78, 5) is 25.1. The van der Waals surface area contributed by atoms with Crippen LogP contribution in [0.2, 0.25) is 0 Å². The predicted octanol–water partition coefficient (Wildman–Crippen LogP) is 2.25. The molecule has 1 spiro atoms. The Labute approximate surface area is 178 Å². The lowest BCUT2D eigenvalue weighted by Gasteiger charge is -2.31. The summed E-state index contributed by atoms with van der Waals surface area (Å²) in [6.45, 7) is 4.37. The van der Waals surface area contributed by atoms with E-state index in [-0.39, 0.29) is 11.3 Å². The van der Waals surface area contributed by atoms with E-state index in [1.54, 1.807) is 17.2 Å². The topological polar surface area (TPSA) is 84.3 Å². The van der Waals surface area contributed by atoms with Crippen LogP contribution >= 0.6 is 11.5 Å². The summed E-state index contributed by atoms with van der Waals surface area (Å²) >= 11 is 1.36. The van der Waals surface area contributed by atoms with Crippen molar-refractivity contribution in [3.63, 3.8) is 0 Å². The lowest BCUT2D eigenvalue weighted by molar-refractivity contribution is -0.118. The van der Waals surface area contributed by atoms with Crippen LogP contribution in [0.15, 0.2) is 48.2 Å². The van der Waals surface area contributed by atoms with Gasteiger partial charge in [0.2, 0.25) is 5.91 Å². The Hall–Kier alpha value is -2.75. The predicted molar refractivity (Wildman–Crippen MR) is 113 cm³/mol. The highest BCUT2D eigenvalue weighted by molar-refractivity contribution is 7.03. The minimum Gasteiger partial charge on any atom is -0.379 e. The van der Waals surface area contributed by atoms with Gasteiger partial charge in [0.25, 0.3) is 0 Å². The average Bonchev–Trinajstić information content (AvgIpc) is 3.36. The van der Waals surface area contributed by atoms with Crippen LogP contribution in [-0.2, 0) is 16.1 Å². The van der Waals surface area contributed by atoms with Gasteiger partial charge in [0, 0.05) is 55.2 Å². The second-order valence-corrected chi connectivity index (χ2v) is 8.58. The molecule has 9 heteroatoms. The summed E-state index contributed by atoms with van der Waals surface area (Å²) in [7, 11) is 0. The van der Waals surface area contributed by atoms with E-state index in [9.17, 15) is 4.79 Å². The molecule has 8 nitrogen and oxygen atoms in total. The van der Waals surface area contributed by atoms with E-state index in [1.807, 2.05) is 5.38 Å². The van der Waals surface area contributed by atoms with Gasteiger partial charge in [0.1, 0.15) is 17.8 Å². The standard InChI is InChI=1S/C21H22N6O2S/c28-20-9-21(13-27(20)19-5-6-22-15-23-19)12-26(7-8-29-14-21)10-16-1-3-17(4-2-16)18-11-30-25-24-18/h1-6,11,15H,7-10,12-14H2. The molecule has 2 aromatic heterocycles. The van der Waals surface area contributed by atoms with E-state index in [4.69, 9.17) is 4.74 Å². The van der Waals surface area contributed by atoms with Crippen LogP contribution in [0.25, 0.3) is 11.3 Å². The fraction of sp³-hybridized carbons (Fsp3) is 0.381. The quantitative estimate of drug-likeness (QED) is 0.638. The number of amides is 1. The molecule has 3 aromatic rings. The molecule has 5 rings (SSSR count). The minimum atomic E-state index is -0.218. The molecular formula is C21H22N6O2S. The fourth-order valence-corrected chi connectivity index (χ4v) is 4.76. The molecule has 2 aliphatic rings. The van der Waals surface area contributed by atoms with Crippen molar-refractivity contribution < 1.29 is 9.53 Å². The molecule has 2 saturated heterocycles. The van der Waals surface area contributed by atoms with Gasteiger partial charge >= 0.3 is 0 Å². The Bertz CT molecular complexity index is 998. The maximum atomic E-state index is 12.8. The van der Waals surface area contributed by atoms with Crippen molar-refractivity contribution in [2.45, 2.75) is 13.0 Å². The third kappa shape index (κ3) is 3.96. The summed E-state index contributed by atoms with van der Waals surface area (Å²) in [6, 6.07) is 10.2. The third-order valence-corrected chi connectivity index (χ3v) is 6.20. The Morgan fingerprint density at radius 1 is 1.17 bits per heavy atom. The number of benzene rings is 1. The van der Waals surface area contributed by atoms with Gasteiger partial charge < -0.3 is 4.74 Å². The monoisotopic (exact) mass is 422 g/mol. The van der Waals surface area contributed by atoms with Crippen LogP contribution in [0.5, 0.6) is 0 Å². The van der Waals surface area contributed by atoms with E-state index in [2.05, 4.69) is 48.7 Å². The number of anilines is 1. The second kappa shape index (κ2) is 8.17. The van der Waals surface area contributed by atoms with Crippen molar-refractivity contribution >= 4 is 23.3 Å². The normalized spacial score (nSPS) is 22.5. The van der Waals surface area contributed by atoms with Crippen LogP contribution in [0, 0.1) is 5.41 Å². The van der Waals surface area contributed by atoms with Crippen LogP contribution in [0.1, 0.15) is 12.0 Å². The molecule has 30 heavy (non-hydrogen) atoms. The number of rotatable bonds is 4. The molecule has 4 heterocycles.